The first kappa shape index (κ1) is 9.46. The van der Waals surface area contributed by atoms with Crippen molar-refractivity contribution in [3.63, 3.8) is 0 Å². The molecular weight excluding hydrogens is 202 g/mol. The lowest BCUT2D eigenvalue weighted by molar-refractivity contribution is 0.380. The minimum Gasteiger partial charge on any atom is -0.508 e. The Balaban J connectivity index is 1.85. The predicted molar refractivity (Wildman–Crippen MR) is 60.0 cm³/mol. The zero-order chi connectivity index (χ0) is 11.0. The fourth-order valence-corrected chi connectivity index (χ4v) is 1.82. The van der Waals surface area contributed by atoms with Crippen molar-refractivity contribution in [3.05, 3.63) is 36.1 Å². The van der Waals surface area contributed by atoms with Gasteiger partial charge in [0, 0.05) is 18.1 Å². The maximum atomic E-state index is 9.38. The van der Waals surface area contributed by atoms with E-state index in [4.69, 9.17) is 4.52 Å². The van der Waals surface area contributed by atoms with Crippen molar-refractivity contribution in [3.8, 4) is 17.0 Å². The van der Waals surface area contributed by atoms with Crippen LogP contribution in [0.15, 0.2) is 34.9 Å². The van der Waals surface area contributed by atoms with Crippen molar-refractivity contribution in [1.82, 2.24) is 5.16 Å². The van der Waals surface area contributed by atoms with Crippen LogP contribution in [0, 0.1) is 5.92 Å². The monoisotopic (exact) mass is 215 g/mol. The van der Waals surface area contributed by atoms with Crippen LogP contribution in [0.1, 0.15) is 18.6 Å². The average Bonchev–Trinajstić information content (AvgIpc) is 2.94. The summed E-state index contributed by atoms with van der Waals surface area (Å²) < 4.78 is 5.28. The van der Waals surface area contributed by atoms with Gasteiger partial charge in [-0.3, -0.25) is 0 Å². The van der Waals surface area contributed by atoms with Gasteiger partial charge in [0.15, 0.2) is 0 Å². The summed E-state index contributed by atoms with van der Waals surface area (Å²) in [6, 6.07) is 9.03. The van der Waals surface area contributed by atoms with Crippen LogP contribution in [-0.2, 0) is 6.42 Å². The Labute approximate surface area is 93.7 Å². The van der Waals surface area contributed by atoms with Crippen molar-refractivity contribution in [2.45, 2.75) is 19.3 Å². The largest absolute Gasteiger partial charge is 0.508 e. The number of phenols is 1. The van der Waals surface area contributed by atoms with E-state index in [1.54, 1.807) is 18.2 Å². The van der Waals surface area contributed by atoms with Crippen LogP contribution in [-0.4, -0.2) is 10.3 Å². The zero-order valence-corrected chi connectivity index (χ0v) is 8.89. The summed E-state index contributed by atoms with van der Waals surface area (Å²) in [6.07, 6.45) is 3.61. The van der Waals surface area contributed by atoms with Gasteiger partial charge in [-0.1, -0.05) is 17.3 Å². The summed E-state index contributed by atoms with van der Waals surface area (Å²) in [5.41, 5.74) is 1.69. The molecule has 0 spiro atoms. The molecule has 0 unspecified atom stereocenters. The molecule has 1 N–H and O–H groups in total. The molecule has 2 aromatic rings. The lowest BCUT2D eigenvalue weighted by Crippen LogP contribution is -1.81. The van der Waals surface area contributed by atoms with Crippen molar-refractivity contribution in [2.75, 3.05) is 0 Å². The van der Waals surface area contributed by atoms with Crippen LogP contribution in [0.25, 0.3) is 11.3 Å². The first-order valence-corrected chi connectivity index (χ1v) is 5.56. The molecule has 3 rings (SSSR count). The minimum atomic E-state index is 0.254. The van der Waals surface area contributed by atoms with Gasteiger partial charge in [0.05, 0.1) is 0 Å². The Kier molecular flexibility index (Phi) is 2.17. The molecule has 1 fully saturated rings. The molecule has 1 aromatic heterocycles. The van der Waals surface area contributed by atoms with Gasteiger partial charge in [-0.05, 0) is 30.9 Å². The molecule has 3 nitrogen and oxygen atoms in total. The lowest BCUT2D eigenvalue weighted by atomic mass is 10.1. The molecule has 16 heavy (non-hydrogen) atoms. The van der Waals surface area contributed by atoms with Gasteiger partial charge in [0.1, 0.15) is 17.2 Å². The summed E-state index contributed by atoms with van der Waals surface area (Å²) in [4.78, 5) is 0. The first-order chi connectivity index (χ1) is 7.81. The second-order valence-electron chi connectivity index (χ2n) is 4.38. The van der Waals surface area contributed by atoms with Gasteiger partial charge in [0.25, 0.3) is 0 Å². The summed E-state index contributed by atoms with van der Waals surface area (Å²) in [5.74, 6) is 2.00. The number of benzene rings is 1. The second kappa shape index (κ2) is 3.67. The first-order valence-electron chi connectivity index (χ1n) is 5.56. The van der Waals surface area contributed by atoms with E-state index in [0.29, 0.717) is 0 Å². The fraction of sp³-hybridized carbons (Fsp3) is 0.308. The molecule has 0 radical (unpaired) electrons. The van der Waals surface area contributed by atoms with Crippen molar-refractivity contribution < 1.29 is 9.63 Å². The zero-order valence-electron chi connectivity index (χ0n) is 8.89. The van der Waals surface area contributed by atoms with Crippen LogP contribution in [0.3, 0.4) is 0 Å². The van der Waals surface area contributed by atoms with Crippen LogP contribution in [0.4, 0.5) is 0 Å². The molecule has 0 amide bonds. The number of aromatic nitrogens is 1. The van der Waals surface area contributed by atoms with Crippen molar-refractivity contribution in [2.24, 2.45) is 5.92 Å². The van der Waals surface area contributed by atoms with Crippen LogP contribution in [0.5, 0.6) is 5.75 Å². The molecule has 82 valence electrons. The smallest absolute Gasteiger partial charge is 0.137 e. The minimum absolute atomic E-state index is 0.254. The molecular formula is C13H13NO2. The van der Waals surface area contributed by atoms with Gasteiger partial charge in [-0.2, -0.15) is 0 Å². The topological polar surface area (TPSA) is 46.3 Å². The van der Waals surface area contributed by atoms with E-state index in [2.05, 4.69) is 5.16 Å². The third-order valence-corrected chi connectivity index (χ3v) is 2.89. The third kappa shape index (κ3) is 1.94. The molecule has 1 aliphatic carbocycles. The van der Waals surface area contributed by atoms with E-state index in [0.717, 1.165) is 29.4 Å². The highest BCUT2D eigenvalue weighted by molar-refractivity contribution is 5.60. The maximum Gasteiger partial charge on any atom is 0.137 e. The molecule has 3 heteroatoms. The highest BCUT2D eigenvalue weighted by atomic mass is 16.5. The SMILES string of the molecule is Oc1cccc(-c2cc(CC3CC3)on2)c1. The standard InChI is InChI=1S/C13H13NO2/c15-11-3-1-2-10(7-11)13-8-12(16-14-13)6-9-4-5-9/h1-3,7-9,15H,4-6H2. The van der Waals surface area contributed by atoms with Crippen LogP contribution in [0.2, 0.25) is 0 Å². The summed E-state index contributed by atoms with van der Waals surface area (Å²) in [5, 5.41) is 13.4. The van der Waals surface area contributed by atoms with Gasteiger partial charge >= 0.3 is 0 Å². The van der Waals surface area contributed by atoms with Gasteiger partial charge in [0.2, 0.25) is 0 Å². The number of aromatic hydroxyl groups is 1. The van der Waals surface area contributed by atoms with Gasteiger partial charge in [-0.15, -0.1) is 0 Å². The number of hydrogen-bond acceptors (Lipinski definition) is 3. The number of phenolic OH excluding ortho intramolecular Hbond substituents is 1. The van der Waals surface area contributed by atoms with Crippen molar-refractivity contribution in [1.29, 1.82) is 0 Å². The average molecular weight is 215 g/mol. The van der Waals surface area contributed by atoms with Crippen LogP contribution < -0.4 is 0 Å². The second-order valence-corrected chi connectivity index (χ2v) is 4.38. The Morgan fingerprint density at radius 1 is 1.31 bits per heavy atom. The Morgan fingerprint density at radius 3 is 2.94 bits per heavy atom. The Morgan fingerprint density at radius 2 is 2.19 bits per heavy atom. The predicted octanol–water partition coefficient (Wildman–Crippen LogP) is 3.00. The molecule has 1 heterocycles. The molecule has 0 aliphatic heterocycles. The Hall–Kier alpha value is -1.77. The van der Waals surface area contributed by atoms with E-state index < -0.39 is 0 Å². The highest BCUT2D eigenvalue weighted by Crippen LogP contribution is 2.33. The molecule has 0 bridgehead atoms. The van der Waals surface area contributed by atoms with E-state index in [9.17, 15) is 5.11 Å². The maximum absolute atomic E-state index is 9.38. The highest BCUT2D eigenvalue weighted by Gasteiger charge is 2.23. The van der Waals surface area contributed by atoms with Gasteiger partial charge in [-0.25, -0.2) is 0 Å². The molecule has 1 aromatic carbocycles. The summed E-state index contributed by atoms with van der Waals surface area (Å²) in [7, 11) is 0. The van der Waals surface area contributed by atoms with Gasteiger partial charge < -0.3 is 9.63 Å². The number of nitrogens with zero attached hydrogens (tertiary/aromatic N) is 1. The lowest BCUT2D eigenvalue weighted by Gasteiger charge is -1.95. The number of hydrogen-bond donors (Lipinski definition) is 1. The van der Waals surface area contributed by atoms with E-state index >= 15 is 0 Å². The molecule has 0 saturated heterocycles. The third-order valence-electron chi connectivity index (χ3n) is 2.89. The quantitative estimate of drug-likeness (QED) is 0.856. The summed E-state index contributed by atoms with van der Waals surface area (Å²) in [6.45, 7) is 0. The normalized spacial score (nSPS) is 15.2. The van der Waals surface area contributed by atoms with Crippen molar-refractivity contribution >= 4 is 0 Å². The fourth-order valence-electron chi connectivity index (χ4n) is 1.82. The van der Waals surface area contributed by atoms with E-state index in [1.165, 1.54) is 12.8 Å². The van der Waals surface area contributed by atoms with E-state index in [-0.39, 0.29) is 5.75 Å². The van der Waals surface area contributed by atoms with Crippen LogP contribution >= 0.6 is 0 Å². The Bertz CT molecular complexity index is 500. The molecule has 1 saturated carbocycles. The van der Waals surface area contributed by atoms with E-state index in [1.807, 2.05) is 12.1 Å². The molecule has 1 aliphatic rings. The number of rotatable bonds is 3. The summed E-state index contributed by atoms with van der Waals surface area (Å²) >= 11 is 0. The molecule has 0 atom stereocenters.